The Labute approximate surface area is 147 Å². The number of piperidine rings is 1. The summed E-state index contributed by atoms with van der Waals surface area (Å²) in [7, 11) is 1.91. The van der Waals surface area contributed by atoms with Crippen LogP contribution in [-0.4, -0.2) is 45.5 Å². The van der Waals surface area contributed by atoms with Crippen molar-refractivity contribution in [3.63, 3.8) is 0 Å². The monoisotopic (exact) mass is 337 g/mol. The Hall–Kier alpha value is -2.47. The highest BCUT2D eigenvalue weighted by Gasteiger charge is 2.22. The Kier molecular flexibility index (Phi) is 4.61. The molecule has 1 fully saturated rings. The van der Waals surface area contributed by atoms with E-state index < -0.39 is 0 Å². The van der Waals surface area contributed by atoms with Crippen LogP contribution in [0.25, 0.3) is 11.0 Å². The zero-order valence-corrected chi connectivity index (χ0v) is 14.5. The lowest BCUT2D eigenvalue weighted by Crippen LogP contribution is -2.37. The van der Waals surface area contributed by atoms with Crippen LogP contribution in [0.1, 0.15) is 18.4 Å². The summed E-state index contributed by atoms with van der Waals surface area (Å²) < 4.78 is 7.88. The number of benzene rings is 1. The summed E-state index contributed by atoms with van der Waals surface area (Å²) in [6.07, 6.45) is 6.85. The van der Waals surface area contributed by atoms with Crippen LogP contribution in [0, 0.1) is 0 Å². The lowest BCUT2D eigenvalue weighted by molar-refractivity contribution is 0.0390. The highest BCUT2D eigenvalue weighted by molar-refractivity contribution is 5.86. The van der Waals surface area contributed by atoms with E-state index in [1.165, 1.54) is 5.56 Å². The fourth-order valence-electron chi connectivity index (χ4n) is 3.42. The van der Waals surface area contributed by atoms with E-state index in [9.17, 15) is 0 Å². The van der Waals surface area contributed by atoms with Gasteiger partial charge in [-0.3, -0.25) is 4.68 Å². The molecule has 4 rings (SSSR count). The molecular weight excluding hydrogens is 314 g/mol. The molecule has 0 amide bonds. The van der Waals surface area contributed by atoms with Gasteiger partial charge in [-0.05, 0) is 24.8 Å². The minimum atomic E-state index is 0.339. The van der Waals surface area contributed by atoms with Crippen molar-refractivity contribution in [2.45, 2.75) is 25.4 Å². The molecular formula is C19H23N5O. The Morgan fingerprint density at radius 1 is 1.12 bits per heavy atom. The molecule has 6 heteroatoms. The number of aromatic nitrogens is 4. The summed E-state index contributed by atoms with van der Waals surface area (Å²) >= 11 is 0. The van der Waals surface area contributed by atoms with Gasteiger partial charge in [0.25, 0.3) is 0 Å². The highest BCUT2D eigenvalue weighted by Crippen LogP contribution is 2.25. The fourth-order valence-corrected chi connectivity index (χ4v) is 3.42. The molecule has 3 heterocycles. The van der Waals surface area contributed by atoms with E-state index in [2.05, 4.69) is 44.2 Å². The van der Waals surface area contributed by atoms with Gasteiger partial charge in [0, 0.05) is 20.1 Å². The van der Waals surface area contributed by atoms with Crippen LogP contribution in [-0.2, 0) is 18.2 Å². The standard InChI is InChI=1S/C19H23N5O/c1-23-18-17(13-22-23)19(21-14-20-18)24-10-7-16(8-11-24)25-12-9-15-5-3-2-4-6-15/h2-6,13-14,16H,7-12H2,1H3. The van der Waals surface area contributed by atoms with Gasteiger partial charge in [0.1, 0.15) is 12.1 Å². The Balaban J connectivity index is 1.32. The Bertz CT molecular complexity index is 824. The molecule has 0 saturated carbocycles. The van der Waals surface area contributed by atoms with Crippen LogP contribution < -0.4 is 4.90 Å². The summed E-state index contributed by atoms with van der Waals surface area (Å²) in [5.41, 5.74) is 2.21. The first-order chi connectivity index (χ1) is 12.3. The van der Waals surface area contributed by atoms with Crippen molar-refractivity contribution in [1.82, 2.24) is 19.7 Å². The van der Waals surface area contributed by atoms with Crippen LogP contribution in [0.2, 0.25) is 0 Å². The molecule has 25 heavy (non-hydrogen) atoms. The number of fused-ring (bicyclic) bond motifs is 1. The molecule has 1 aromatic carbocycles. The lowest BCUT2D eigenvalue weighted by atomic mass is 10.1. The quantitative estimate of drug-likeness (QED) is 0.716. The predicted molar refractivity (Wildman–Crippen MR) is 97.6 cm³/mol. The van der Waals surface area contributed by atoms with Crippen molar-refractivity contribution in [3.8, 4) is 0 Å². The molecule has 0 unspecified atom stereocenters. The van der Waals surface area contributed by atoms with Gasteiger partial charge >= 0.3 is 0 Å². The van der Waals surface area contributed by atoms with E-state index in [4.69, 9.17) is 4.74 Å². The SMILES string of the molecule is Cn1ncc2c(N3CCC(OCCc4ccccc4)CC3)ncnc21. The predicted octanol–water partition coefficient (Wildman–Crippen LogP) is 2.59. The summed E-state index contributed by atoms with van der Waals surface area (Å²) in [6, 6.07) is 10.5. The molecule has 0 aliphatic carbocycles. The van der Waals surface area contributed by atoms with Crippen LogP contribution in [0.15, 0.2) is 42.9 Å². The number of aryl methyl sites for hydroxylation is 1. The van der Waals surface area contributed by atoms with E-state index >= 15 is 0 Å². The summed E-state index contributed by atoms with van der Waals surface area (Å²) in [5, 5.41) is 5.32. The second-order valence-corrected chi connectivity index (χ2v) is 6.50. The van der Waals surface area contributed by atoms with Gasteiger partial charge in [-0.25, -0.2) is 9.97 Å². The summed E-state index contributed by atoms with van der Waals surface area (Å²) in [4.78, 5) is 11.1. The number of ether oxygens (including phenoxy) is 1. The molecule has 1 aliphatic rings. The van der Waals surface area contributed by atoms with Gasteiger partial charge < -0.3 is 9.64 Å². The van der Waals surface area contributed by atoms with Crippen LogP contribution >= 0.6 is 0 Å². The normalized spacial score (nSPS) is 15.8. The maximum Gasteiger partial charge on any atom is 0.163 e. The zero-order chi connectivity index (χ0) is 17.1. The van der Waals surface area contributed by atoms with Crippen molar-refractivity contribution in [2.24, 2.45) is 7.05 Å². The van der Waals surface area contributed by atoms with Crippen molar-refractivity contribution in [2.75, 3.05) is 24.6 Å². The molecule has 2 aromatic heterocycles. The number of rotatable bonds is 5. The average molecular weight is 337 g/mol. The highest BCUT2D eigenvalue weighted by atomic mass is 16.5. The van der Waals surface area contributed by atoms with Crippen molar-refractivity contribution < 1.29 is 4.74 Å². The van der Waals surface area contributed by atoms with E-state index in [0.29, 0.717) is 6.10 Å². The van der Waals surface area contributed by atoms with E-state index in [0.717, 1.165) is 55.8 Å². The molecule has 0 N–H and O–H groups in total. The largest absolute Gasteiger partial charge is 0.378 e. The van der Waals surface area contributed by atoms with Crippen molar-refractivity contribution in [3.05, 3.63) is 48.4 Å². The summed E-state index contributed by atoms with van der Waals surface area (Å²) in [6.45, 7) is 2.70. The number of hydrogen-bond acceptors (Lipinski definition) is 5. The molecule has 0 spiro atoms. The first-order valence-corrected chi connectivity index (χ1v) is 8.84. The van der Waals surface area contributed by atoms with Gasteiger partial charge in [-0.2, -0.15) is 5.10 Å². The van der Waals surface area contributed by atoms with Gasteiger partial charge in [0.2, 0.25) is 0 Å². The second kappa shape index (κ2) is 7.19. The second-order valence-electron chi connectivity index (χ2n) is 6.50. The maximum atomic E-state index is 6.09. The number of anilines is 1. The first-order valence-electron chi connectivity index (χ1n) is 8.84. The number of nitrogens with zero attached hydrogens (tertiary/aromatic N) is 5. The minimum Gasteiger partial charge on any atom is -0.378 e. The molecule has 130 valence electrons. The van der Waals surface area contributed by atoms with Gasteiger partial charge in [-0.15, -0.1) is 0 Å². The topological polar surface area (TPSA) is 56.1 Å². The van der Waals surface area contributed by atoms with E-state index in [-0.39, 0.29) is 0 Å². The third-order valence-corrected chi connectivity index (χ3v) is 4.84. The van der Waals surface area contributed by atoms with Crippen LogP contribution in [0.3, 0.4) is 0 Å². The average Bonchev–Trinajstić information content (AvgIpc) is 3.05. The Morgan fingerprint density at radius 2 is 1.92 bits per heavy atom. The molecule has 1 saturated heterocycles. The molecule has 0 atom stereocenters. The van der Waals surface area contributed by atoms with E-state index in [1.54, 1.807) is 11.0 Å². The van der Waals surface area contributed by atoms with Gasteiger partial charge in [0.05, 0.1) is 24.3 Å². The third-order valence-electron chi connectivity index (χ3n) is 4.84. The smallest absolute Gasteiger partial charge is 0.163 e. The molecule has 0 bridgehead atoms. The fraction of sp³-hybridized carbons (Fsp3) is 0.421. The lowest BCUT2D eigenvalue weighted by Gasteiger charge is -2.32. The minimum absolute atomic E-state index is 0.339. The first kappa shape index (κ1) is 16.0. The molecule has 6 nitrogen and oxygen atoms in total. The van der Waals surface area contributed by atoms with Crippen molar-refractivity contribution in [1.29, 1.82) is 0 Å². The Morgan fingerprint density at radius 3 is 2.72 bits per heavy atom. The maximum absolute atomic E-state index is 6.09. The van der Waals surface area contributed by atoms with Crippen LogP contribution in [0.4, 0.5) is 5.82 Å². The molecule has 1 aliphatic heterocycles. The molecule has 0 radical (unpaired) electrons. The summed E-state index contributed by atoms with van der Waals surface area (Å²) in [5.74, 6) is 0.987. The van der Waals surface area contributed by atoms with E-state index in [1.807, 2.05) is 19.3 Å². The van der Waals surface area contributed by atoms with Crippen molar-refractivity contribution >= 4 is 16.9 Å². The third kappa shape index (κ3) is 3.49. The van der Waals surface area contributed by atoms with Gasteiger partial charge in [0.15, 0.2) is 5.65 Å². The van der Waals surface area contributed by atoms with Crippen LogP contribution in [0.5, 0.6) is 0 Å². The molecule has 3 aromatic rings. The zero-order valence-electron chi connectivity index (χ0n) is 14.5. The number of hydrogen-bond donors (Lipinski definition) is 0. The van der Waals surface area contributed by atoms with Gasteiger partial charge in [-0.1, -0.05) is 30.3 Å².